The van der Waals surface area contributed by atoms with Crippen LogP contribution in [0.25, 0.3) is 0 Å². The molecule has 25 heavy (non-hydrogen) atoms. The highest BCUT2D eigenvalue weighted by atomic mass is 16.2. The molecule has 0 spiro atoms. The second-order valence-corrected chi connectivity index (χ2v) is 7.23. The molecule has 0 atom stereocenters. The lowest BCUT2D eigenvalue weighted by atomic mass is 10.0. The third-order valence-corrected chi connectivity index (χ3v) is 5.36. The Morgan fingerprint density at radius 3 is 2.08 bits per heavy atom. The first-order valence-electron chi connectivity index (χ1n) is 9.54. The molecule has 2 fully saturated rings. The van der Waals surface area contributed by atoms with Gasteiger partial charge in [-0.1, -0.05) is 12.8 Å². The highest BCUT2D eigenvalue weighted by Crippen LogP contribution is 2.22. The average Bonchev–Trinajstić information content (AvgIpc) is 2.91. The number of piperidine rings is 1. The van der Waals surface area contributed by atoms with Gasteiger partial charge in [-0.3, -0.25) is 9.59 Å². The summed E-state index contributed by atoms with van der Waals surface area (Å²) < 4.78 is 0. The Bertz CT molecular complexity index is 583. The van der Waals surface area contributed by atoms with E-state index in [9.17, 15) is 9.59 Å². The number of hydrogen-bond acceptors (Lipinski definition) is 3. The minimum atomic E-state index is -0.102. The fraction of sp³-hybridized carbons (Fsp3) is 0.600. The van der Waals surface area contributed by atoms with Crippen LogP contribution in [0.5, 0.6) is 0 Å². The van der Waals surface area contributed by atoms with Crippen molar-refractivity contribution in [1.82, 2.24) is 9.80 Å². The summed E-state index contributed by atoms with van der Waals surface area (Å²) in [5.41, 5.74) is 1.42. The molecule has 2 saturated heterocycles. The highest BCUT2D eigenvalue weighted by Gasteiger charge is 2.27. The Morgan fingerprint density at radius 1 is 0.920 bits per heavy atom. The molecule has 1 aromatic carbocycles. The first-order chi connectivity index (χ1) is 12.1. The van der Waals surface area contributed by atoms with E-state index in [1.54, 1.807) is 24.3 Å². The van der Waals surface area contributed by atoms with Crippen LogP contribution in [0.15, 0.2) is 24.3 Å². The molecule has 0 unspecified atom stereocenters. The van der Waals surface area contributed by atoms with Gasteiger partial charge < -0.3 is 15.1 Å². The molecule has 0 aliphatic carbocycles. The minimum absolute atomic E-state index is 0.101. The molecule has 2 heterocycles. The Labute approximate surface area is 150 Å². The van der Waals surface area contributed by atoms with Crippen molar-refractivity contribution < 1.29 is 9.59 Å². The van der Waals surface area contributed by atoms with E-state index in [1.165, 1.54) is 45.7 Å². The SMILES string of the molecule is CC(=O)Nc1ccc(C(=O)N2CCC(N3CCCCCC3)CC2)cc1. The summed E-state index contributed by atoms with van der Waals surface area (Å²) in [7, 11) is 0. The molecule has 1 aromatic rings. The average molecular weight is 343 g/mol. The van der Waals surface area contributed by atoms with E-state index in [1.807, 2.05) is 4.90 Å². The smallest absolute Gasteiger partial charge is 0.253 e. The number of anilines is 1. The molecule has 5 heteroatoms. The topological polar surface area (TPSA) is 52.7 Å². The molecule has 1 N–H and O–H groups in total. The second kappa shape index (κ2) is 8.48. The van der Waals surface area contributed by atoms with Crippen molar-refractivity contribution in [2.75, 3.05) is 31.5 Å². The quantitative estimate of drug-likeness (QED) is 0.917. The van der Waals surface area contributed by atoms with Crippen LogP contribution < -0.4 is 5.32 Å². The van der Waals surface area contributed by atoms with Crippen LogP contribution in [-0.2, 0) is 4.79 Å². The van der Waals surface area contributed by atoms with Crippen molar-refractivity contribution in [1.29, 1.82) is 0 Å². The molecule has 3 rings (SSSR count). The Kier molecular flexibility index (Phi) is 6.08. The van der Waals surface area contributed by atoms with Gasteiger partial charge in [-0.15, -0.1) is 0 Å². The number of nitrogens with one attached hydrogen (secondary N) is 1. The zero-order chi connectivity index (χ0) is 17.6. The summed E-state index contributed by atoms with van der Waals surface area (Å²) in [6.07, 6.45) is 7.52. The van der Waals surface area contributed by atoms with Gasteiger partial charge in [-0.2, -0.15) is 0 Å². The summed E-state index contributed by atoms with van der Waals surface area (Å²) in [5, 5.41) is 2.73. The first-order valence-corrected chi connectivity index (χ1v) is 9.54. The summed E-state index contributed by atoms with van der Waals surface area (Å²) in [5.74, 6) is -0.00153. The molecular formula is C20H29N3O2. The van der Waals surface area contributed by atoms with Crippen LogP contribution in [-0.4, -0.2) is 53.8 Å². The molecule has 0 bridgehead atoms. The number of nitrogens with zero attached hydrogens (tertiary/aromatic N) is 2. The zero-order valence-electron chi connectivity index (χ0n) is 15.2. The van der Waals surface area contributed by atoms with Gasteiger partial charge in [0.15, 0.2) is 0 Å². The van der Waals surface area contributed by atoms with E-state index in [-0.39, 0.29) is 11.8 Å². The fourth-order valence-corrected chi connectivity index (χ4v) is 3.98. The number of rotatable bonds is 3. The van der Waals surface area contributed by atoms with E-state index in [0.29, 0.717) is 11.6 Å². The van der Waals surface area contributed by atoms with E-state index < -0.39 is 0 Å². The predicted molar refractivity (Wildman–Crippen MR) is 99.7 cm³/mol. The standard InChI is InChI=1S/C20H29N3O2/c1-16(24)21-18-8-6-17(7-9-18)20(25)23-14-10-19(11-15-23)22-12-4-2-3-5-13-22/h6-9,19H,2-5,10-15H2,1H3,(H,21,24). The third kappa shape index (κ3) is 4.82. The maximum Gasteiger partial charge on any atom is 0.253 e. The van der Waals surface area contributed by atoms with Crippen LogP contribution >= 0.6 is 0 Å². The summed E-state index contributed by atoms with van der Waals surface area (Å²) >= 11 is 0. The predicted octanol–water partition coefficient (Wildman–Crippen LogP) is 3.13. The molecular weight excluding hydrogens is 314 g/mol. The zero-order valence-corrected chi connectivity index (χ0v) is 15.2. The second-order valence-electron chi connectivity index (χ2n) is 7.23. The molecule has 2 aliphatic rings. The monoisotopic (exact) mass is 343 g/mol. The maximum atomic E-state index is 12.7. The van der Waals surface area contributed by atoms with Crippen LogP contribution in [0.4, 0.5) is 5.69 Å². The van der Waals surface area contributed by atoms with Gasteiger partial charge in [-0.05, 0) is 63.0 Å². The normalized spacial score (nSPS) is 20.1. The number of amides is 2. The van der Waals surface area contributed by atoms with Crippen molar-refractivity contribution >= 4 is 17.5 Å². The Hall–Kier alpha value is -1.88. The third-order valence-electron chi connectivity index (χ3n) is 5.36. The van der Waals surface area contributed by atoms with Gasteiger partial charge in [0, 0.05) is 37.3 Å². The lowest BCUT2D eigenvalue weighted by molar-refractivity contribution is -0.114. The van der Waals surface area contributed by atoms with Crippen LogP contribution in [0.2, 0.25) is 0 Å². The van der Waals surface area contributed by atoms with Crippen molar-refractivity contribution in [3.8, 4) is 0 Å². The maximum absolute atomic E-state index is 12.7. The van der Waals surface area contributed by atoms with Crippen LogP contribution in [0.3, 0.4) is 0 Å². The van der Waals surface area contributed by atoms with E-state index in [0.717, 1.165) is 31.6 Å². The van der Waals surface area contributed by atoms with E-state index in [2.05, 4.69) is 10.2 Å². The van der Waals surface area contributed by atoms with E-state index >= 15 is 0 Å². The number of benzene rings is 1. The highest BCUT2D eigenvalue weighted by molar-refractivity contribution is 5.95. The van der Waals surface area contributed by atoms with E-state index in [4.69, 9.17) is 0 Å². The molecule has 136 valence electrons. The van der Waals surface area contributed by atoms with Gasteiger partial charge in [0.1, 0.15) is 0 Å². The van der Waals surface area contributed by atoms with Gasteiger partial charge in [0.25, 0.3) is 5.91 Å². The van der Waals surface area contributed by atoms with Crippen molar-refractivity contribution in [3.05, 3.63) is 29.8 Å². The molecule has 0 saturated carbocycles. The lowest BCUT2D eigenvalue weighted by Crippen LogP contribution is -2.47. The summed E-state index contributed by atoms with van der Waals surface area (Å²) in [6, 6.07) is 7.82. The number of likely N-dealkylation sites (tertiary alicyclic amines) is 2. The number of carbonyl (C=O) groups excluding carboxylic acids is 2. The molecule has 0 radical (unpaired) electrons. The van der Waals surface area contributed by atoms with Crippen molar-refractivity contribution in [2.24, 2.45) is 0 Å². The Balaban J connectivity index is 1.53. The van der Waals surface area contributed by atoms with Gasteiger partial charge in [0.2, 0.25) is 5.91 Å². The minimum Gasteiger partial charge on any atom is -0.339 e. The van der Waals surface area contributed by atoms with Crippen molar-refractivity contribution in [2.45, 2.75) is 51.5 Å². The van der Waals surface area contributed by atoms with Gasteiger partial charge >= 0.3 is 0 Å². The van der Waals surface area contributed by atoms with Crippen LogP contribution in [0, 0.1) is 0 Å². The molecule has 5 nitrogen and oxygen atoms in total. The fourth-order valence-electron chi connectivity index (χ4n) is 3.98. The van der Waals surface area contributed by atoms with Gasteiger partial charge in [0.05, 0.1) is 0 Å². The number of carbonyl (C=O) groups is 2. The first kappa shape index (κ1) is 17.9. The van der Waals surface area contributed by atoms with Gasteiger partial charge in [-0.25, -0.2) is 0 Å². The summed E-state index contributed by atoms with van der Waals surface area (Å²) in [6.45, 7) is 5.61. The molecule has 0 aromatic heterocycles. The lowest BCUT2D eigenvalue weighted by Gasteiger charge is -2.38. The summed E-state index contributed by atoms with van der Waals surface area (Å²) in [4.78, 5) is 28.4. The Morgan fingerprint density at radius 2 is 1.52 bits per heavy atom. The largest absolute Gasteiger partial charge is 0.339 e. The molecule has 2 aliphatic heterocycles. The van der Waals surface area contributed by atoms with Crippen molar-refractivity contribution in [3.63, 3.8) is 0 Å². The van der Waals surface area contributed by atoms with Crippen LogP contribution in [0.1, 0.15) is 55.8 Å². The molecule has 2 amide bonds. The number of hydrogen-bond donors (Lipinski definition) is 1.